The van der Waals surface area contributed by atoms with E-state index in [9.17, 15) is 14.4 Å². The summed E-state index contributed by atoms with van der Waals surface area (Å²) < 4.78 is 1.89. The maximum atomic E-state index is 12.3. The van der Waals surface area contributed by atoms with Crippen molar-refractivity contribution in [3.05, 3.63) is 46.7 Å². The number of hydrogen-bond acceptors (Lipinski definition) is 8. The summed E-state index contributed by atoms with van der Waals surface area (Å²) in [4.78, 5) is 39.9. The number of carbonyl (C=O) groups excluding carboxylic acids is 3. The summed E-state index contributed by atoms with van der Waals surface area (Å²) in [5, 5.41) is 19.2. The Morgan fingerprint density at radius 2 is 2.16 bits per heavy atom. The van der Waals surface area contributed by atoms with Gasteiger partial charge in [-0.05, 0) is 31.0 Å². The molecule has 0 radical (unpaired) electrons. The second-order valence-corrected chi connectivity index (χ2v) is 9.16. The van der Waals surface area contributed by atoms with E-state index in [1.807, 2.05) is 36.6 Å². The van der Waals surface area contributed by atoms with Gasteiger partial charge >= 0.3 is 6.03 Å². The first-order valence-electron chi connectivity index (χ1n) is 9.83. The molecule has 1 saturated heterocycles. The number of thiazole rings is 1. The molecule has 4 amide bonds. The van der Waals surface area contributed by atoms with Gasteiger partial charge in [-0.2, -0.15) is 0 Å². The van der Waals surface area contributed by atoms with E-state index in [-0.39, 0.29) is 24.0 Å². The third-order valence-electron chi connectivity index (χ3n) is 4.77. The van der Waals surface area contributed by atoms with E-state index in [1.54, 1.807) is 11.6 Å². The van der Waals surface area contributed by atoms with Crippen LogP contribution in [0.5, 0.6) is 0 Å². The molecule has 0 spiro atoms. The van der Waals surface area contributed by atoms with Crippen molar-refractivity contribution in [1.82, 2.24) is 30.4 Å². The molecule has 0 bridgehead atoms. The van der Waals surface area contributed by atoms with E-state index < -0.39 is 12.1 Å². The number of rotatable bonds is 7. The predicted molar refractivity (Wildman–Crippen MR) is 121 cm³/mol. The third kappa shape index (κ3) is 5.14. The van der Waals surface area contributed by atoms with E-state index in [2.05, 4.69) is 31.1 Å². The van der Waals surface area contributed by atoms with E-state index in [4.69, 9.17) is 0 Å². The minimum absolute atomic E-state index is 0.130. The van der Waals surface area contributed by atoms with Crippen molar-refractivity contribution in [2.24, 2.45) is 0 Å². The van der Waals surface area contributed by atoms with Gasteiger partial charge in [-0.25, -0.2) is 9.78 Å². The van der Waals surface area contributed by atoms with Gasteiger partial charge in [0, 0.05) is 30.5 Å². The number of thioether (sulfide) groups is 1. The van der Waals surface area contributed by atoms with Gasteiger partial charge in [0.15, 0.2) is 10.3 Å². The molecule has 3 N–H and O–H groups in total. The van der Waals surface area contributed by atoms with Crippen molar-refractivity contribution >= 4 is 46.1 Å². The molecule has 1 aromatic carbocycles. The molecule has 3 aromatic rings. The fraction of sp³-hybridized carbons (Fsp3) is 0.300. The van der Waals surface area contributed by atoms with Gasteiger partial charge in [0.2, 0.25) is 11.8 Å². The van der Waals surface area contributed by atoms with Gasteiger partial charge in [-0.1, -0.05) is 23.9 Å². The number of urea groups is 1. The molecule has 1 aliphatic heterocycles. The summed E-state index contributed by atoms with van der Waals surface area (Å²) in [5.41, 5.74) is 2.96. The Bertz CT molecular complexity index is 1140. The molecule has 166 valence electrons. The van der Waals surface area contributed by atoms with Crippen LogP contribution in [-0.4, -0.2) is 49.4 Å². The van der Waals surface area contributed by atoms with Gasteiger partial charge in [-0.3, -0.25) is 19.5 Å². The van der Waals surface area contributed by atoms with Crippen molar-refractivity contribution in [3.8, 4) is 5.69 Å². The van der Waals surface area contributed by atoms with Crippen LogP contribution in [0.15, 0.2) is 34.9 Å². The number of hydrogen-bond donors (Lipinski definition) is 3. The zero-order chi connectivity index (χ0) is 22.7. The molecule has 12 heteroatoms. The Morgan fingerprint density at radius 1 is 1.31 bits per heavy atom. The monoisotopic (exact) mass is 471 g/mol. The smallest absolute Gasteiger partial charge is 0.321 e. The standard InChI is InChI=1S/C20H21N7O3S2/c1-11-3-4-12(2)14(7-11)27-15(8-13-9-16(28)23-18(30)22-13)25-26-20(27)32-10-17(29)24-19-21-5-6-31-19/h3-7,13H,8-10H2,1-2H3,(H,21,24,29)(H2,22,23,28,30). The quantitative estimate of drug-likeness (QED) is 0.450. The van der Waals surface area contributed by atoms with E-state index >= 15 is 0 Å². The van der Waals surface area contributed by atoms with Crippen LogP contribution < -0.4 is 16.0 Å². The number of carbonyl (C=O) groups is 3. The number of aryl methyl sites for hydroxylation is 2. The summed E-state index contributed by atoms with van der Waals surface area (Å²) in [6, 6.07) is 5.14. The van der Waals surface area contributed by atoms with Crippen LogP contribution in [0.1, 0.15) is 23.4 Å². The summed E-state index contributed by atoms with van der Waals surface area (Å²) in [6.45, 7) is 3.98. The second kappa shape index (κ2) is 9.49. The Hall–Kier alpha value is -3.25. The largest absolute Gasteiger partial charge is 0.334 e. The maximum Gasteiger partial charge on any atom is 0.321 e. The van der Waals surface area contributed by atoms with Gasteiger partial charge in [0.25, 0.3) is 0 Å². The lowest BCUT2D eigenvalue weighted by Gasteiger charge is -2.23. The molecule has 4 rings (SSSR count). The van der Waals surface area contributed by atoms with Crippen LogP contribution >= 0.6 is 23.1 Å². The van der Waals surface area contributed by atoms with Gasteiger partial charge in [0.05, 0.1) is 11.4 Å². The Morgan fingerprint density at radius 3 is 2.91 bits per heavy atom. The summed E-state index contributed by atoms with van der Waals surface area (Å²) in [7, 11) is 0. The van der Waals surface area contributed by atoms with Gasteiger partial charge in [-0.15, -0.1) is 21.5 Å². The molecule has 0 saturated carbocycles. The molecule has 32 heavy (non-hydrogen) atoms. The molecule has 1 atom stereocenters. The zero-order valence-corrected chi connectivity index (χ0v) is 19.0. The van der Waals surface area contributed by atoms with E-state index in [1.165, 1.54) is 23.1 Å². The highest BCUT2D eigenvalue weighted by atomic mass is 32.2. The maximum absolute atomic E-state index is 12.3. The number of imide groups is 1. The highest BCUT2D eigenvalue weighted by molar-refractivity contribution is 7.99. The predicted octanol–water partition coefficient (Wildman–Crippen LogP) is 2.21. The zero-order valence-electron chi connectivity index (χ0n) is 17.4. The Kier molecular flexibility index (Phi) is 6.51. The van der Waals surface area contributed by atoms with Crippen LogP contribution in [0, 0.1) is 13.8 Å². The van der Waals surface area contributed by atoms with Crippen molar-refractivity contribution in [2.45, 2.75) is 37.9 Å². The molecule has 0 aliphatic carbocycles. The van der Waals surface area contributed by atoms with Crippen LogP contribution in [-0.2, 0) is 16.0 Å². The first-order valence-corrected chi connectivity index (χ1v) is 11.7. The average molecular weight is 472 g/mol. The van der Waals surface area contributed by atoms with Gasteiger partial charge < -0.3 is 10.6 Å². The SMILES string of the molecule is Cc1ccc(C)c(-n2c(CC3CC(=O)NC(=O)N3)nnc2SCC(=O)Nc2nccs2)c1. The highest BCUT2D eigenvalue weighted by Gasteiger charge is 2.27. The highest BCUT2D eigenvalue weighted by Crippen LogP contribution is 2.26. The lowest BCUT2D eigenvalue weighted by Crippen LogP contribution is -2.53. The number of aromatic nitrogens is 4. The molecule has 1 fully saturated rings. The Labute approximate surface area is 192 Å². The van der Waals surface area contributed by atoms with E-state index in [0.29, 0.717) is 22.5 Å². The minimum atomic E-state index is -0.516. The number of nitrogens with zero attached hydrogens (tertiary/aromatic N) is 4. The second-order valence-electron chi connectivity index (χ2n) is 7.33. The van der Waals surface area contributed by atoms with Crippen LogP contribution in [0.4, 0.5) is 9.93 Å². The molecule has 1 aliphatic rings. The third-order valence-corrected chi connectivity index (χ3v) is 6.38. The lowest BCUT2D eigenvalue weighted by atomic mass is 10.1. The molecule has 2 aromatic heterocycles. The number of anilines is 1. The average Bonchev–Trinajstić information content (AvgIpc) is 3.37. The molecule has 1 unspecified atom stereocenters. The Balaban J connectivity index is 1.59. The van der Waals surface area contributed by atoms with Crippen LogP contribution in [0.25, 0.3) is 5.69 Å². The lowest BCUT2D eigenvalue weighted by molar-refractivity contribution is -0.121. The molecule has 10 nitrogen and oxygen atoms in total. The first kappa shape index (κ1) is 22.0. The van der Waals surface area contributed by atoms with Crippen molar-refractivity contribution < 1.29 is 14.4 Å². The van der Waals surface area contributed by atoms with Crippen molar-refractivity contribution in [2.75, 3.05) is 11.1 Å². The summed E-state index contributed by atoms with van der Waals surface area (Å²) in [5.74, 6) is 0.204. The van der Waals surface area contributed by atoms with E-state index in [0.717, 1.165) is 16.8 Å². The summed E-state index contributed by atoms with van der Waals surface area (Å²) >= 11 is 2.61. The van der Waals surface area contributed by atoms with Crippen LogP contribution in [0.2, 0.25) is 0 Å². The topological polar surface area (TPSA) is 131 Å². The molecular weight excluding hydrogens is 450 g/mol. The van der Waals surface area contributed by atoms with Crippen molar-refractivity contribution in [3.63, 3.8) is 0 Å². The van der Waals surface area contributed by atoms with Crippen molar-refractivity contribution in [1.29, 1.82) is 0 Å². The minimum Gasteiger partial charge on any atom is -0.334 e. The first-order chi connectivity index (χ1) is 15.4. The number of nitrogens with one attached hydrogen (secondary N) is 3. The van der Waals surface area contributed by atoms with Gasteiger partial charge in [0.1, 0.15) is 5.82 Å². The molecule has 3 heterocycles. The normalized spacial score (nSPS) is 15.9. The number of benzene rings is 1. The summed E-state index contributed by atoms with van der Waals surface area (Å²) in [6.07, 6.45) is 2.11. The number of amides is 4. The fourth-order valence-electron chi connectivity index (χ4n) is 3.32. The fourth-order valence-corrected chi connectivity index (χ4v) is 4.63. The molecular formula is C20H21N7O3S2. The van der Waals surface area contributed by atoms with Crippen LogP contribution in [0.3, 0.4) is 0 Å².